The Hall–Kier alpha value is -0.0800. The molecule has 0 aliphatic heterocycles. The lowest BCUT2D eigenvalue weighted by atomic mass is 10.1. The summed E-state index contributed by atoms with van der Waals surface area (Å²) in [5.74, 6) is 0. The van der Waals surface area contributed by atoms with Crippen LogP contribution in [0.4, 0.5) is 0 Å². The Balaban J connectivity index is 2.92. The second-order valence-corrected chi connectivity index (χ2v) is 3.89. The van der Waals surface area contributed by atoms with Crippen LogP contribution in [0.1, 0.15) is 52.4 Å². The molecule has 0 saturated heterocycles. The highest BCUT2D eigenvalue weighted by atomic mass is 16.5. The van der Waals surface area contributed by atoms with Crippen molar-refractivity contribution in [3.05, 3.63) is 0 Å². The first-order chi connectivity index (χ1) is 6.81. The largest absolute Gasteiger partial charge is 0.379 e. The van der Waals surface area contributed by atoms with Gasteiger partial charge in [-0.15, -0.1) is 0 Å². The molecule has 0 fully saturated rings. The van der Waals surface area contributed by atoms with Crippen molar-refractivity contribution in [3.8, 4) is 0 Å². The molecule has 2 nitrogen and oxygen atoms in total. The Kier molecular flexibility index (Phi) is 10.9. The summed E-state index contributed by atoms with van der Waals surface area (Å²) in [6, 6.07) is 0. The van der Waals surface area contributed by atoms with Gasteiger partial charge in [0, 0.05) is 13.7 Å². The maximum absolute atomic E-state index is 5.47. The van der Waals surface area contributed by atoms with Crippen molar-refractivity contribution >= 4 is 0 Å². The molecule has 2 heteroatoms. The van der Waals surface area contributed by atoms with Crippen molar-refractivity contribution in [2.24, 2.45) is 0 Å². The highest BCUT2D eigenvalue weighted by Crippen LogP contribution is 2.05. The molecule has 0 N–H and O–H groups in total. The molecule has 0 spiro atoms. The normalized spacial score (nSPS) is 13.1. The van der Waals surface area contributed by atoms with Gasteiger partial charge < -0.3 is 9.47 Å². The third-order valence-corrected chi connectivity index (χ3v) is 2.40. The zero-order valence-corrected chi connectivity index (χ0v) is 10.1. The molecule has 14 heavy (non-hydrogen) atoms. The van der Waals surface area contributed by atoms with E-state index in [0.717, 1.165) is 13.2 Å². The molecule has 0 bridgehead atoms. The Morgan fingerprint density at radius 2 is 1.64 bits per heavy atom. The van der Waals surface area contributed by atoms with Crippen molar-refractivity contribution in [3.63, 3.8) is 0 Å². The predicted octanol–water partition coefficient (Wildman–Crippen LogP) is 3.40. The van der Waals surface area contributed by atoms with E-state index >= 15 is 0 Å². The van der Waals surface area contributed by atoms with E-state index in [0.29, 0.717) is 0 Å². The molecule has 0 aromatic carbocycles. The van der Waals surface area contributed by atoms with Gasteiger partial charge in [0.15, 0.2) is 0 Å². The summed E-state index contributed by atoms with van der Waals surface area (Å²) in [6.07, 6.45) is 8.17. The van der Waals surface area contributed by atoms with E-state index in [9.17, 15) is 0 Å². The molecule has 1 atom stereocenters. The fourth-order valence-corrected chi connectivity index (χ4v) is 1.30. The van der Waals surface area contributed by atoms with E-state index in [2.05, 4.69) is 6.92 Å². The van der Waals surface area contributed by atoms with Gasteiger partial charge in [0.1, 0.15) is 0 Å². The molecule has 0 amide bonds. The minimum atomic E-state index is 0.232. The third-order valence-electron chi connectivity index (χ3n) is 2.40. The van der Waals surface area contributed by atoms with Gasteiger partial charge in [-0.2, -0.15) is 0 Å². The van der Waals surface area contributed by atoms with E-state index in [4.69, 9.17) is 9.47 Å². The minimum absolute atomic E-state index is 0.232. The van der Waals surface area contributed by atoms with Gasteiger partial charge >= 0.3 is 0 Å². The Labute approximate surface area is 89.0 Å². The fourth-order valence-electron chi connectivity index (χ4n) is 1.30. The van der Waals surface area contributed by atoms with Crippen LogP contribution < -0.4 is 0 Å². The average molecular weight is 202 g/mol. The second-order valence-electron chi connectivity index (χ2n) is 3.89. The number of methoxy groups -OCH3 is 1. The molecular weight excluding hydrogens is 176 g/mol. The van der Waals surface area contributed by atoms with Crippen LogP contribution in [0.2, 0.25) is 0 Å². The van der Waals surface area contributed by atoms with E-state index < -0.39 is 0 Å². The standard InChI is InChI=1S/C12H26O2/c1-4-5-6-7-8-9-10-14-11-12(2)13-3/h12H,4-11H2,1-3H3. The molecule has 0 aliphatic carbocycles. The number of hydrogen-bond acceptors (Lipinski definition) is 2. The number of rotatable bonds is 10. The van der Waals surface area contributed by atoms with Crippen LogP contribution in [0.25, 0.3) is 0 Å². The lowest BCUT2D eigenvalue weighted by Crippen LogP contribution is -2.14. The second kappa shape index (κ2) is 11.0. The smallest absolute Gasteiger partial charge is 0.0776 e. The quantitative estimate of drug-likeness (QED) is 0.505. The highest BCUT2D eigenvalue weighted by Gasteiger charge is 1.97. The Morgan fingerprint density at radius 1 is 1.00 bits per heavy atom. The number of hydrogen-bond donors (Lipinski definition) is 0. The van der Waals surface area contributed by atoms with Gasteiger partial charge in [0.2, 0.25) is 0 Å². The third kappa shape index (κ3) is 10.0. The summed E-state index contributed by atoms with van der Waals surface area (Å²) in [6.45, 7) is 5.89. The Bertz CT molecular complexity index is 104. The van der Waals surface area contributed by atoms with E-state index in [1.54, 1.807) is 7.11 Å². The predicted molar refractivity (Wildman–Crippen MR) is 60.7 cm³/mol. The maximum atomic E-state index is 5.47. The van der Waals surface area contributed by atoms with E-state index in [1.165, 1.54) is 38.5 Å². The van der Waals surface area contributed by atoms with Crippen LogP contribution in [0, 0.1) is 0 Å². The van der Waals surface area contributed by atoms with Crippen LogP contribution in [-0.4, -0.2) is 26.4 Å². The van der Waals surface area contributed by atoms with Crippen molar-refractivity contribution in [1.82, 2.24) is 0 Å². The van der Waals surface area contributed by atoms with Gasteiger partial charge in [-0.1, -0.05) is 39.0 Å². The van der Waals surface area contributed by atoms with Gasteiger partial charge in [-0.3, -0.25) is 0 Å². The first kappa shape index (κ1) is 13.9. The van der Waals surface area contributed by atoms with Crippen molar-refractivity contribution in [1.29, 1.82) is 0 Å². The molecule has 0 saturated carbocycles. The van der Waals surface area contributed by atoms with E-state index in [-0.39, 0.29) is 6.10 Å². The molecule has 0 radical (unpaired) electrons. The lowest BCUT2D eigenvalue weighted by Gasteiger charge is -2.09. The molecule has 0 aromatic rings. The first-order valence-corrected chi connectivity index (χ1v) is 5.91. The first-order valence-electron chi connectivity index (χ1n) is 5.91. The topological polar surface area (TPSA) is 18.5 Å². The zero-order chi connectivity index (χ0) is 10.6. The van der Waals surface area contributed by atoms with Crippen molar-refractivity contribution < 1.29 is 9.47 Å². The summed E-state index contributed by atoms with van der Waals surface area (Å²) >= 11 is 0. The highest BCUT2D eigenvalue weighted by molar-refractivity contribution is 4.46. The van der Waals surface area contributed by atoms with Crippen molar-refractivity contribution in [2.75, 3.05) is 20.3 Å². The average Bonchev–Trinajstić information content (AvgIpc) is 2.21. The van der Waals surface area contributed by atoms with Crippen LogP contribution in [0.5, 0.6) is 0 Å². The van der Waals surface area contributed by atoms with Gasteiger partial charge in [0.05, 0.1) is 12.7 Å². The molecule has 0 aromatic heterocycles. The molecule has 0 heterocycles. The summed E-state index contributed by atoms with van der Waals surface area (Å²) < 4.78 is 10.6. The zero-order valence-electron chi connectivity index (χ0n) is 10.1. The fraction of sp³-hybridized carbons (Fsp3) is 1.00. The molecule has 1 unspecified atom stereocenters. The lowest BCUT2D eigenvalue weighted by molar-refractivity contribution is 0.0174. The van der Waals surface area contributed by atoms with Gasteiger partial charge in [-0.05, 0) is 13.3 Å². The van der Waals surface area contributed by atoms with Gasteiger partial charge in [-0.25, -0.2) is 0 Å². The molecule has 0 aliphatic rings. The van der Waals surface area contributed by atoms with Crippen molar-refractivity contribution in [2.45, 2.75) is 58.5 Å². The summed E-state index contributed by atoms with van der Waals surface area (Å²) in [7, 11) is 1.72. The number of ether oxygens (including phenoxy) is 2. The van der Waals surface area contributed by atoms with Crippen LogP contribution in [0.15, 0.2) is 0 Å². The SMILES string of the molecule is CCCCCCCCOCC(C)OC. The minimum Gasteiger partial charge on any atom is -0.379 e. The van der Waals surface area contributed by atoms with Crippen LogP contribution in [0.3, 0.4) is 0 Å². The van der Waals surface area contributed by atoms with E-state index in [1.807, 2.05) is 6.92 Å². The van der Waals surface area contributed by atoms with Crippen LogP contribution in [-0.2, 0) is 9.47 Å². The maximum Gasteiger partial charge on any atom is 0.0776 e. The summed E-state index contributed by atoms with van der Waals surface area (Å²) in [4.78, 5) is 0. The Morgan fingerprint density at radius 3 is 2.29 bits per heavy atom. The monoisotopic (exact) mass is 202 g/mol. The summed E-state index contributed by atoms with van der Waals surface area (Å²) in [5.41, 5.74) is 0. The summed E-state index contributed by atoms with van der Waals surface area (Å²) in [5, 5.41) is 0. The molecule has 0 rings (SSSR count). The van der Waals surface area contributed by atoms with Gasteiger partial charge in [0.25, 0.3) is 0 Å². The van der Waals surface area contributed by atoms with Crippen LogP contribution >= 0.6 is 0 Å². The number of unbranched alkanes of at least 4 members (excludes halogenated alkanes) is 5. The molecular formula is C12H26O2. The molecule has 86 valence electrons.